The van der Waals surface area contributed by atoms with Crippen LogP contribution in [0.4, 0.5) is 6.01 Å². The lowest BCUT2D eigenvalue weighted by atomic mass is 9.49. The van der Waals surface area contributed by atoms with Crippen molar-refractivity contribution in [2.75, 3.05) is 11.6 Å². The van der Waals surface area contributed by atoms with Crippen LogP contribution in [0.5, 0.6) is 0 Å². The molecule has 148 valence electrons. The summed E-state index contributed by atoms with van der Waals surface area (Å²) in [6.45, 7) is 0. The number of nitrogens with one attached hydrogen (secondary N) is 1. The standard InChI is InChI=1S/C20H23N3O4S/c1-28(25,26)16-4-2-15(3-5-16)17-22-23-19(27-17)21-18(24)20-9-12-6-13(10-20)8-14(7-12)11-20/h2-5,12-14H,6-11H2,1H3,(H,21,23,24). The molecule has 1 aromatic heterocycles. The van der Waals surface area contributed by atoms with Crippen LogP contribution in [0.25, 0.3) is 11.5 Å². The van der Waals surface area contributed by atoms with Crippen molar-refractivity contribution in [3.05, 3.63) is 24.3 Å². The lowest BCUT2D eigenvalue weighted by Gasteiger charge is -2.55. The van der Waals surface area contributed by atoms with E-state index >= 15 is 0 Å². The lowest BCUT2D eigenvalue weighted by Crippen LogP contribution is -2.51. The number of amides is 1. The normalized spacial score (nSPS) is 31.1. The molecular weight excluding hydrogens is 378 g/mol. The van der Waals surface area contributed by atoms with Crippen LogP contribution in [0.1, 0.15) is 38.5 Å². The quantitative estimate of drug-likeness (QED) is 0.843. The topological polar surface area (TPSA) is 102 Å². The van der Waals surface area contributed by atoms with E-state index in [-0.39, 0.29) is 28.1 Å². The van der Waals surface area contributed by atoms with Crippen LogP contribution >= 0.6 is 0 Å². The Balaban J connectivity index is 1.32. The minimum atomic E-state index is -3.26. The van der Waals surface area contributed by atoms with E-state index in [1.54, 1.807) is 12.1 Å². The molecule has 8 heteroatoms. The fraction of sp³-hybridized carbons (Fsp3) is 0.550. The van der Waals surface area contributed by atoms with E-state index in [0.717, 1.165) is 25.5 Å². The first-order chi connectivity index (χ1) is 13.3. The van der Waals surface area contributed by atoms with Gasteiger partial charge in [0.1, 0.15) is 0 Å². The van der Waals surface area contributed by atoms with Crippen LogP contribution in [0.15, 0.2) is 33.6 Å². The highest BCUT2D eigenvalue weighted by atomic mass is 32.2. The molecule has 0 atom stereocenters. The number of hydrogen-bond acceptors (Lipinski definition) is 6. The van der Waals surface area contributed by atoms with Crippen molar-refractivity contribution in [1.82, 2.24) is 10.2 Å². The summed E-state index contributed by atoms with van der Waals surface area (Å²) in [6, 6.07) is 6.34. The Kier molecular flexibility index (Phi) is 3.91. The molecule has 1 amide bonds. The van der Waals surface area contributed by atoms with Crippen molar-refractivity contribution >= 4 is 21.8 Å². The Morgan fingerprint density at radius 2 is 1.61 bits per heavy atom. The predicted molar refractivity (Wildman–Crippen MR) is 102 cm³/mol. The van der Waals surface area contributed by atoms with Gasteiger partial charge in [-0.25, -0.2) is 8.42 Å². The Labute approximate surface area is 163 Å². The zero-order valence-electron chi connectivity index (χ0n) is 15.7. The van der Waals surface area contributed by atoms with Gasteiger partial charge < -0.3 is 4.42 Å². The summed E-state index contributed by atoms with van der Waals surface area (Å²) < 4.78 is 28.8. The smallest absolute Gasteiger partial charge is 0.322 e. The summed E-state index contributed by atoms with van der Waals surface area (Å²) in [5.41, 5.74) is 0.329. The minimum Gasteiger partial charge on any atom is -0.403 e. The Morgan fingerprint density at radius 3 is 2.14 bits per heavy atom. The highest BCUT2D eigenvalue weighted by molar-refractivity contribution is 7.90. The summed E-state index contributed by atoms with van der Waals surface area (Å²) in [6.07, 6.45) is 7.91. The molecule has 4 fully saturated rings. The van der Waals surface area contributed by atoms with E-state index in [4.69, 9.17) is 4.42 Å². The van der Waals surface area contributed by atoms with Gasteiger partial charge in [-0.15, -0.1) is 5.10 Å². The van der Waals surface area contributed by atoms with Crippen molar-refractivity contribution < 1.29 is 17.6 Å². The number of rotatable bonds is 4. The van der Waals surface area contributed by atoms with Crippen LogP contribution in [0, 0.1) is 23.2 Å². The third-order valence-corrected chi connectivity index (χ3v) is 7.82. The highest BCUT2D eigenvalue weighted by Gasteiger charge is 2.54. The molecule has 0 aliphatic heterocycles. The van der Waals surface area contributed by atoms with Crippen molar-refractivity contribution in [2.24, 2.45) is 23.2 Å². The maximum Gasteiger partial charge on any atom is 0.322 e. The molecule has 0 spiro atoms. The van der Waals surface area contributed by atoms with Crippen LogP contribution in [-0.4, -0.2) is 30.8 Å². The molecule has 7 nitrogen and oxygen atoms in total. The minimum absolute atomic E-state index is 0.00854. The molecule has 1 aromatic carbocycles. The molecule has 28 heavy (non-hydrogen) atoms. The maximum atomic E-state index is 13.1. The molecule has 1 heterocycles. The molecule has 0 saturated heterocycles. The first-order valence-electron chi connectivity index (χ1n) is 9.76. The fourth-order valence-electron chi connectivity index (χ4n) is 5.85. The zero-order valence-corrected chi connectivity index (χ0v) is 16.5. The number of anilines is 1. The number of sulfone groups is 1. The molecule has 2 aromatic rings. The monoisotopic (exact) mass is 401 g/mol. The van der Waals surface area contributed by atoms with Gasteiger partial charge in [-0.05, 0) is 80.5 Å². The number of hydrogen-bond donors (Lipinski definition) is 1. The Bertz CT molecular complexity index is 991. The first-order valence-corrected chi connectivity index (χ1v) is 11.7. The lowest BCUT2D eigenvalue weighted by molar-refractivity contribution is -0.140. The SMILES string of the molecule is CS(=O)(=O)c1ccc(-c2nnc(NC(=O)C34CC5CC(CC(C5)C3)C4)o2)cc1. The molecule has 1 N–H and O–H groups in total. The zero-order chi connectivity index (χ0) is 19.5. The second-order valence-electron chi connectivity index (χ2n) is 8.86. The first kappa shape index (κ1) is 17.8. The van der Waals surface area contributed by atoms with Crippen molar-refractivity contribution in [2.45, 2.75) is 43.4 Å². The average Bonchev–Trinajstić information content (AvgIpc) is 3.08. The number of aromatic nitrogens is 2. The van der Waals surface area contributed by atoms with E-state index in [1.807, 2.05) is 0 Å². The molecule has 4 aliphatic carbocycles. The van der Waals surface area contributed by atoms with Gasteiger partial charge in [-0.3, -0.25) is 10.1 Å². The second-order valence-corrected chi connectivity index (χ2v) is 10.9. The van der Waals surface area contributed by atoms with Gasteiger partial charge in [-0.1, -0.05) is 5.10 Å². The summed E-state index contributed by atoms with van der Waals surface area (Å²) in [4.78, 5) is 13.3. The van der Waals surface area contributed by atoms with E-state index in [1.165, 1.54) is 31.4 Å². The van der Waals surface area contributed by atoms with Gasteiger partial charge in [-0.2, -0.15) is 0 Å². The molecule has 4 aliphatic rings. The third kappa shape index (κ3) is 3.03. The number of carbonyl (C=O) groups is 1. The van der Waals surface area contributed by atoms with Gasteiger partial charge in [0.2, 0.25) is 11.8 Å². The largest absolute Gasteiger partial charge is 0.403 e. The van der Waals surface area contributed by atoms with Gasteiger partial charge >= 0.3 is 6.01 Å². The summed E-state index contributed by atoms with van der Waals surface area (Å²) in [7, 11) is -3.26. The second kappa shape index (κ2) is 6.14. The molecule has 6 rings (SSSR count). The third-order valence-electron chi connectivity index (χ3n) is 6.69. The van der Waals surface area contributed by atoms with E-state index in [9.17, 15) is 13.2 Å². The van der Waals surface area contributed by atoms with Crippen LogP contribution < -0.4 is 5.32 Å². The maximum absolute atomic E-state index is 13.1. The van der Waals surface area contributed by atoms with E-state index in [0.29, 0.717) is 23.3 Å². The van der Waals surface area contributed by atoms with E-state index < -0.39 is 9.84 Å². The fourth-order valence-corrected chi connectivity index (χ4v) is 6.48. The molecule has 4 bridgehead atoms. The molecule has 0 unspecified atom stereocenters. The van der Waals surface area contributed by atoms with E-state index in [2.05, 4.69) is 15.5 Å². The van der Waals surface area contributed by atoms with Gasteiger partial charge in [0, 0.05) is 11.8 Å². The summed E-state index contributed by atoms with van der Waals surface area (Å²) in [5, 5.41) is 10.8. The Hall–Kier alpha value is -2.22. The predicted octanol–water partition coefficient (Wildman–Crippen LogP) is 3.30. The van der Waals surface area contributed by atoms with Crippen LogP contribution in [0.2, 0.25) is 0 Å². The average molecular weight is 401 g/mol. The van der Waals surface area contributed by atoms with Gasteiger partial charge in [0.25, 0.3) is 0 Å². The van der Waals surface area contributed by atoms with Crippen LogP contribution in [0.3, 0.4) is 0 Å². The molecule has 0 radical (unpaired) electrons. The van der Waals surface area contributed by atoms with Crippen molar-refractivity contribution in [3.8, 4) is 11.5 Å². The number of benzene rings is 1. The van der Waals surface area contributed by atoms with Gasteiger partial charge in [0.05, 0.1) is 10.3 Å². The number of carbonyl (C=O) groups excluding carboxylic acids is 1. The number of nitrogens with zero attached hydrogens (tertiary/aromatic N) is 2. The Morgan fingerprint density at radius 1 is 1.04 bits per heavy atom. The van der Waals surface area contributed by atoms with Crippen LogP contribution in [-0.2, 0) is 14.6 Å². The van der Waals surface area contributed by atoms with Crippen molar-refractivity contribution in [3.63, 3.8) is 0 Å². The highest BCUT2D eigenvalue weighted by Crippen LogP contribution is 2.60. The summed E-state index contributed by atoms with van der Waals surface area (Å²) in [5.74, 6) is 2.31. The molecule has 4 saturated carbocycles. The van der Waals surface area contributed by atoms with Crippen molar-refractivity contribution in [1.29, 1.82) is 0 Å². The summed E-state index contributed by atoms with van der Waals surface area (Å²) >= 11 is 0. The van der Waals surface area contributed by atoms with Gasteiger partial charge in [0.15, 0.2) is 9.84 Å². The molecular formula is C20H23N3O4S.